The molecule has 0 aromatic heterocycles. The molecule has 0 fully saturated rings. The van der Waals surface area contributed by atoms with Crippen LogP contribution in [0.3, 0.4) is 0 Å². The van der Waals surface area contributed by atoms with Crippen molar-refractivity contribution in [1.82, 2.24) is 21.3 Å². The van der Waals surface area contributed by atoms with Crippen molar-refractivity contribution in [3.8, 4) is 0 Å². The molecule has 42 heavy (non-hydrogen) atoms. The second-order valence-electron chi connectivity index (χ2n) is 11.3. The summed E-state index contributed by atoms with van der Waals surface area (Å²) in [5, 5.41) is 20.4. The Kier molecular flexibility index (Phi) is 21.4. The van der Waals surface area contributed by atoms with E-state index in [0.29, 0.717) is 43.7 Å². The molecule has 5 atom stereocenters. The van der Waals surface area contributed by atoms with Crippen LogP contribution in [0.4, 0.5) is 0 Å². The first-order valence-electron chi connectivity index (χ1n) is 14.6. The number of thioether (sulfide) groups is 2. The van der Waals surface area contributed by atoms with E-state index < -0.39 is 59.8 Å². The van der Waals surface area contributed by atoms with Gasteiger partial charge in [-0.3, -0.25) is 19.2 Å². The van der Waals surface area contributed by atoms with Crippen molar-refractivity contribution in [2.75, 3.05) is 30.6 Å². The Morgan fingerprint density at radius 2 is 1.07 bits per heavy atom. The molecule has 0 bridgehead atoms. The third-order valence-electron chi connectivity index (χ3n) is 6.46. The molecule has 4 amide bonds. The SMILES string of the molecule is CSCC[C@H](NC(=O)[C@H](CCCCN)NC(=O)[C@H](CC(C)C)NC(=O)[C@@H](N)CCSC)C(=O)N[C@@H](CC(C)C)C(=O)O. The average molecular weight is 635 g/mol. The smallest absolute Gasteiger partial charge is 0.326 e. The molecule has 0 aromatic carbocycles. The summed E-state index contributed by atoms with van der Waals surface area (Å²) < 4.78 is 0. The summed E-state index contributed by atoms with van der Waals surface area (Å²) in [7, 11) is 0. The maximum Gasteiger partial charge on any atom is 0.326 e. The van der Waals surface area contributed by atoms with Gasteiger partial charge in [-0.05, 0) is 87.3 Å². The molecular formula is C28H54N6O6S2. The van der Waals surface area contributed by atoms with E-state index >= 15 is 0 Å². The Bertz CT molecular complexity index is 848. The van der Waals surface area contributed by atoms with Crippen molar-refractivity contribution in [2.24, 2.45) is 23.3 Å². The molecule has 0 unspecified atom stereocenters. The molecule has 0 aliphatic rings. The average Bonchev–Trinajstić information content (AvgIpc) is 2.91. The standard InChI is InChI=1S/C28H54N6O6S2/c1-17(2)15-22(33-24(35)19(30)10-13-41-5)27(38)31-20(9-7-8-12-29)25(36)32-21(11-14-42-6)26(37)34-23(28(39)40)16-18(3)4/h17-23H,7-16,29-30H2,1-6H3,(H,31,38)(H,32,36)(H,33,35)(H,34,37)(H,39,40)/t19-,20-,21-,22-,23-/m0/s1. The van der Waals surface area contributed by atoms with Gasteiger partial charge in [-0.25, -0.2) is 4.79 Å². The Labute approximate surface area is 259 Å². The number of carbonyl (C=O) groups is 5. The summed E-state index contributed by atoms with van der Waals surface area (Å²) in [6.07, 6.45) is 6.55. The van der Waals surface area contributed by atoms with E-state index in [1.165, 1.54) is 11.8 Å². The van der Waals surface area contributed by atoms with Crippen molar-refractivity contribution in [3.05, 3.63) is 0 Å². The maximum absolute atomic E-state index is 13.5. The summed E-state index contributed by atoms with van der Waals surface area (Å²) >= 11 is 3.06. The van der Waals surface area contributed by atoms with Gasteiger partial charge in [0.05, 0.1) is 6.04 Å². The molecule has 0 spiro atoms. The fraction of sp³-hybridized carbons (Fsp3) is 0.821. The fourth-order valence-corrected chi connectivity index (χ4v) is 5.09. The van der Waals surface area contributed by atoms with Gasteiger partial charge in [0.2, 0.25) is 23.6 Å². The highest BCUT2D eigenvalue weighted by atomic mass is 32.2. The lowest BCUT2D eigenvalue weighted by Crippen LogP contribution is -2.58. The van der Waals surface area contributed by atoms with Gasteiger partial charge in [0.15, 0.2) is 0 Å². The van der Waals surface area contributed by atoms with E-state index in [4.69, 9.17) is 11.5 Å². The van der Waals surface area contributed by atoms with Crippen LogP contribution < -0.4 is 32.7 Å². The van der Waals surface area contributed by atoms with E-state index in [1.54, 1.807) is 11.8 Å². The molecular weight excluding hydrogens is 580 g/mol. The first-order chi connectivity index (χ1) is 19.8. The maximum atomic E-state index is 13.5. The van der Waals surface area contributed by atoms with Crippen molar-refractivity contribution in [2.45, 2.75) is 103 Å². The van der Waals surface area contributed by atoms with Crippen LogP contribution in [0.2, 0.25) is 0 Å². The zero-order valence-electron chi connectivity index (χ0n) is 26.1. The summed E-state index contributed by atoms with van der Waals surface area (Å²) in [4.78, 5) is 64.4. The fourth-order valence-electron chi connectivity index (χ4n) is 4.13. The minimum atomic E-state index is -1.15. The van der Waals surface area contributed by atoms with Crippen LogP contribution in [-0.2, 0) is 24.0 Å². The molecule has 14 heteroatoms. The van der Waals surface area contributed by atoms with Gasteiger partial charge in [-0.1, -0.05) is 27.7 Å². The normalized spacial score (nSPS) is 14.9. The number of aliphatic carboxylic acids is 1. The van der Waals surface area contributed by atoms with Crippen LogP contribution >= 0.6 is 23.5 Å². The van der Waals surface area contributed by atoms with Gasteiger partial charge >= 0.3 is 5.97 Å². The summed E-state index contributed by atoms with van der Waals surface area (Å²) in [6.45, 7) is 7.97. The van der Waals surface area contributed by atoms with Gasteiger partial charge in [-0.2, -0.15) is 23.5 Å². The van der Waals surface area contributed by atoms with Crippen molar-refractivity contribution in [3.63, 3.8) is 0 Å². The largest absolute Gasteiger partial charge is 0.480 e. The number of carboxylic acid groups (broad SMARTS) is 1. The summed E-state index contributed by atoms with van der Waals surface area (Å²) in [5.41, 5.74) is 11.6. The summed E-state index contributed by atoms with van der Waals surface area (Å²) in [5.74, 6) is -1.91. The Balaban J connectivity index is 5.83. The number of nitrogens with two attached hydrogens (primary N) is 2. The van der Waals surface area contributed by atoms with E-state index in [2.05, 4.69) is 21.3 Å². The molecule has 0 saturated carbocycles. The summed E-state index contributed by atoms with van der Waals surface area (Å²) in [6, 6.07) is -4.73. The molecule has 0 aliphatic carbocycles. The molecule has 0 saturated heterocycles. The topological polar surface area (TPSA) is 206 Å². The molecule has 0 heterocycles. The van der Waals surface area contributed by atoms with Crippen LogP contribution in [0, 0.1) is 11.8 Å². The monoisotopic (exact) mass is 634 g/mol. The number of amides is 4. The van der Waals surface area contributed by atoms with Crippen molar-refractivity contribution < 1.29 is 29.1 Å². The Morgan fingerprint density at radius 3 is 1.55 bits per heavy atom. The highest BCUT2D eigenvalue weighted by Crippen LogP contribution is 2.11. The first-order valence-corrected chi connectivity index (χ1v) is 17.4. The van der Waals surface area contributed by atoms with E-state index in [0.717, 1.165) is 0 Å². The number of carbonyl (C=O) groups excluding carboxylic acids is 4. The third kappa shape index (κ3) is 17.2. The highest BCUT2D eigenvalue weighted by molar-refractivity contribution is 7.98. The van der Waals surface area contributed by atoms with E-state index in [-0.39, 0.29) is 31.1 Å². The van der Waals surface area contributed by atoms with Crippen molar-refractivity contribution >= 4 is 53.1 Å². The van der Waals surface area contributed by atoms with Crippen LogP contribution in [0.5, 0.6) is 0 Å². The number of unbranched alkanes of at least 4 members (excludes halogenated alkanes) is 1. The zero-order chi connectivity index (χ0) is 32.2. The number of rotatable bonds is 23. The minimum Gasteiger partial charge on any atom is -0.480 e. The number of hydrogen-bond acceptors (Lipinski definition) is 9. The second kappa shape index (κ2) is 22.5. The predicted octanol–water partition coefficient (Wildman–Crippen LogP) is 1.06. The number of hydrogen-bond donors (Lipinski definition) is 7. The van der Waals surface area contributed by atoms with Crippen LogP contribution in [-0.4, -0.2) is 95.5 Å². The lowest BCUT2D eigenvalue weighted by atomic mass is 10.0. The highest BCUT2D eigenvalue weighted by Gasteiger charge is 2.32. The molecule has 9 N–H and O–H groups in total. The Hall–Kier alpha value is -2.03. The van der Waals surface area contributed by atoms with Gasteiger partial charge < -0.3 is 37.8 Å². The quantitative estimate of drug-likeness (QED) is 0.0796. The lowest BCUT2D eigenvalue weighted by Gasteiger charge is -2.27. The Morgan fingerprint density at radius 1 is 0.643 bits per heavy atom. The third-order valence-corrected chi connectivity index (χ3v) is 7.74. The lowest BCUT2D eigenvalue weighted by molar-refractivity contribution is -0.142. The molecule has 12 nitrogen and oxygen atoms in total. The molecule has 0 rings (SSSR count). The van der Waals surface area contributed by atoms with Crippen LogP contribution in [0.25, 0.3) is 0 Å². The van der Waals surface area contributed by atoms with Crippen LogP contribution in [0.15, 0.2) is 0 Å². The first kappa shape index (κ1) is 40.0. The molecule has 0 aliphatic heterocycles. The van der Waals surface area contributed by atoms with Crippen molar-refractivity contribution in [1.29, 1.82) is 0 Å². The molecule has 244 valence electrons. The predicted molar refractivity (Wildman–Crippen MR) is 171 cm³/mol. The zero-order valence-corrected chi connectivity index (χ0v) is 27.7. The van der Waals surface area contributed by atoms with Gasteiger partial charge in [0.25, 0.3) is 0 Å². The van der Waals surface area contributed by atoms with Crippen LogP contribution in [0.1, 0.15) is 72.6 Å². The minimum absolute atomic E-state index is 0.0344. The number of nitrogens with one attached hydrogen (secondary N) is 4. The number of carboxylic acids is 1. The van der Waals surface area contributed by atoms with Gasteiger partial charge in [-0.15, -0.1) is 0 Å². The second-order valence-corrected chi connectivity index (χ2v) is 13.3. The molecule has 0 radical (unpaired) electrons. The van der Waals surface area contributed by atoms with Gasteiger partial charge in [0.1, 0.15) is 24.2 Å². The van der Waals surface area contributed by atoms with E-state index in [9.17, 15) is 29.1 Å². The van der Waals surface area contributed by atoms with E-state index in [1.807, 2.05) is 40.2 Å². The van der Waals surface area contributed by atoms with Gasteiger partial charge in [0, 0.05) is 0 Å². The molecule has 0 aromatic rings.